The maximum absolute atomic E-state index is 12.2. The fourth-order valence-corrected chi connectivity index (χ4v) is 2.94. The molecule has 26 heavy (non-hydrogen) atoms. The molecule has 142 valence electrons. The number of sulfonamides is 1. The Kier molecular flexibility index (Phi) is 8.45. The molecule has 1 amide bonds. The third kappa shape index (κ3) is 6.59. The van der Waals surface area contributed by atoms with Gasteiger partial charge in [0.05, 0.1) is 11.0 Å². The SMILES string of the molecule is CC(C)OCCCNC(=O)/C(C#N)=C/c1cccc(S(=O)(=O)N(C)C)c1. The van der Waals surface area contributed by atoms with Crippen molar-refractivity contribution >= 4 is 22.0 Å². The van der Waals surface area contributed by atoms with Gasteiger partial charge in [0.15, 0.2) is 0 Å². The number of benzene rings is 1. The van der Waals surface area contributed by atoms with Gasteiger partial charge in [0.25, 0.3) is 5.91 Å². The lowest BCUT2D eigenvalue weighted by atomic mass is 10.1. The Morgan fingerprint density at radius 3 is 2.65 bits per heavy atom. The van der Waals surface area contributed by atoms with Crippen molar-refractivity contribution in [2.24, 2.45) is 0 Å². The Hall–Kier alpha value is -2.21. The summed E-state index contributed by atoms with van der Waals surface area (Å²) in [4.78, 5) is 12.2. The van der Waals surface area contributed by atoms with Gasteiger partial charge in [-0.2, -0.15) is 5.26 Å². The summed E-state index contributed by atoms with van der Waals surface area (Å²) in [6.07, 6.45) is 2.14. The maximum Gasteiger partial charge on any atom is 0.261 e. The number of ether oxygens (including phenoxy) is 1. The van der Waals surface area contributed by atoms with Gasteiger partial charge in [-0.05, 0) is 44.0 Å². The summed E-state index contributed by atoms with van der Waals surface area (Å²) in [6, 6.07) is 7.94. The largest absolute Gasteiger partial charge is 0.379 e. The molecule has 0 atom stereocenters. The van der Waals surface area contributed by atoms with Crippen molar-refractivity contribution in [1.29, 1.82) is 5.26 Å². The number of rotatable bonds is 9. The highest BCUT2D eigenvalue weighted by Crippen LogP contribution is 2.16. The number of hydrogen-bond donors (Lipinski definition) is 1. The van der Waals surface area contributed by atoms with Gasteiger partial charge in [0, 0.05) is 27.2 Å². The van der Waals surface area contributed by atoms with E-state index >= 15 is 0 Å². The van der Waals surface area contributed by atoms with Crippen LogP contribution in [-0.4, -0.2) is 52.0 Å². The van der Waals surface area contributed by atoms with Gasteiger partial charge in [0.2, 0.25) is 10.0 Å². The van der Waals surface area contributed by atoms with Crippen molar-refractivity contribution in [2.45, 2.75) is 31.3 Å². The van der Waals surface area contributed by atoms with Crippen LogP contribution in [-0.2, 0) is 19.6 Å². The Labute approximate surface area is 155 Å². The van der Waals surface area contributed by atoms with Crippen LogP contribution >= 0.6 is 0 Å². The molecule has 0 fully saturated rings. The summed E-state index contributed by atoms with van der Waals surface area (Å²) in [6.45, 7) is 4.77. The highest BCUT2D eigenvalue weighted by Gasteiger charge is 2.17. The van der Waals surface area contributed by atoms with E-state index in [9.17, 15) is 18.5 Å². The smallest absolute Gasteiger partial charge is 0.261 e. The molecule has 1 aromatic carbocycles. The second kappa shape index (κ2) is 10.1. The van der Waals surface area contributed by atoms with E-state index in [-0.39, 0.29) is 16.6 Å². The zero-order valence-electron chi connectivity index (χ0n) is 15.5. The van der Waals surface area contributed by atoms with E-state index in [2.05, 4.69) is 5.32 Å². The second-order valence-electron chi connectivity index (χ2n) is 6.06. The zero-order valence-corrected chi connectivity index (χ0v) is 16.3. The predicted octanol–water partition coefficient (Wildman–Crippen LogP) is 1.78. The van der Waals surface area contributed by atoms with Crippen molar-refractivity contribution < 1.29 is 17.9 Å². The zero-order chi connectivity index (χ0) is 19.7. The fraction of sp³-hybridized carbons (Fsp3) is 0.444. The molecular weight excluding hydrogens is 354 g/mol. The Balaban J connectivity index is 2.83. The molecule has 0 spiro atoms. The first-order valence-electron chi connectivity index (χ1n) is 8.22. The predicted molar refractivity (Wildman–Crippen MR) is 99.6 cm³/mol. The quantitative estimate of drug-likeness (QED) is 0.400. The van der Waals surface area contributed by atoms with Crippen LogP contribution in [0.25, 0.3) is 6.08 Å². The molecule has 0 saturated heterocycles. The molecule has 0 aliphatic heterocycles. The number of nitrogens with one attached hydrogen (secondary N) is 1. The molecule has 0 radical (unpaired) electrons. The van der Waals surface area contributed by atoms with E-state index in [1.807, 2.05) is 19.9 Å². The van der Waals surface area contributed by atoms with Crippen LogP contribution in [0.5, 0.6) is 0 Å². The number of carbonyl (C=O) groups excluding carboxylic acids is 1. The molecular formula is C18H25N3O4S. The van der Waals surface area contributed by atoms with Crippen LogP contribution in [0.15, 0.2) is 34.7 Å². The van der Waals surface area contributed by atoms with Gasteiger partial charge >= 0.3 is 0 Å². The molecule has 1 aromatic rings. The lowest BCUT2D eigenvalue weighted by molar-refractivity contribution is -0.117. The van der Waals surface area contributed by atoms with Crippen molar-refractivity contribution in [3.8, 4) is 6.07 Å². The van der Waals surface area contributed by atoms with Crippen LogP contribution in [0.4, 0.5) is 0 Å². The second-order valence-corrected chi connectivity index (χ2v) is 8.21. The fourth-order valence-electron chi connectivity index (χ4n) is 1.98. The first-order chi connectivity index (χ1) is 12.2. The van der Waals surface area contributed by atoms with Gasteiger partial charge in [0.1, 0.15) is 11.6 Å². The summed E-state index contributed by atoms with van der Waals surface area (Å²) in [5, 5.41) is 11.9. The number of nitrogens with zero attached hydrogens (tertiary/aromatic N) is 2. The van der Waals surface area contributed by atoms with Crippen molar-refractivity contribution in [3.63, 3.8) is 0 Å². The molecule has 7 nitrogen and oxygen atoms in total. The van der Waals surface area contributed by atoms with Gasteiger partial charge in [-0.1, -0.05) is 12.1 Å². The average Bonchev–Trinajstić information content (AvgIpc) is 2.59. The van der Waals surface area contributed by atoms with Crippen molar-refractivity contribution in [1.82, 2.24) is 9.62 Å². The summed E-state index contributed by atoms with van der Waals surface area (Å²) in [5.74, 6) is -0.502. The minimum absolute atomic E-state index is 0.0887. The third-order valence-corrected chi connectivity index (χ3v) is 5.18. The van der Waals surface area contributed by atoms with E-state index in [4.69, 9.17) is 4.74 Å². The van der Waals surface area contributed by atoms with Gasteiger partial charge < -0.3 is 10.1 Å². The summed E-state index contributed by atoms with van der Waals surface area (Å²) >= 11 is 0. The highest BCUT2D eigenvalue weighted by atomic mass is 32.2. The first-order valence-corrected chi connectivity index (χ1v) is 9.66. The molecule has 0 heterocycles. The molecule has 0 bridgehead atoms. The van der Waals surface area contributed by atoms with Crippen LogP contribution in [0.1, 0.15) is 25.8 Å². The first kappa shape index (κ1) is 21.8. The third-order valence-electron chi connectivity index (χ3n) is 3.37. The van der Waals surface area contributed by atoms with Gasteiger partial charge in [-0.3, -0.25) is 4.79 Å². The molecule has 0 saturated carbocycles. The Morgan fingerprint density at radius 2 is 2.08 bits per heavy atom. The maximum atomic E-state index is 12.2. The molecule has 0 aromatic heterocycles. The number of hydrogen-bond acceptors (Lipinski definition) is 5. The van der Waals surface area contributed by atoms with Crippen LogP contribution in [0.2, 0.25) is 0 Å². The van der Waals surface area contributed by atoms with E-state index in [0.29, 0.717) is 25.1 Å². The van der Waals surface area contributed by atoms with Crippen LogP contribution < -0.4 is 5.32 Å². The summed E-state index contributed by atoms with van der Waals surface area (Å²) < 4.78 is 30.8. The average molecular weight is 379 g/mol. The van der Waals surface area contributed by atoms with Crippen LogP contribution in [0, 0.1) is 11.3 Å². The number of amides is 1. The van der Waals surface area contributed by atoms with E-state index in [1.165, 1.54) is 32.3 Å². The van der Waals surface area contributed by atoms with E-state index in [1.54, 1.807) is 12.1 Å². The lowest BCUT2D eigenvalue weighted by Crippen LogP contribution is -2.26. The summed E-state index contributed by atoms with van der Waals surface area (Å²) in [5.41, 5.74) is 0.372. The molecule has 1 rings (SSSR count). The van der Waals surface area contributed by atoms with Crippen LogP contribution in [0.3, 0.4) is 0 Å². The Morgan fingerprint density at radius 1 is 1.38 bits per heavy atom. The van der Waals surface area contributed by atoms with Gasteiger partial charge in [-0.25, -0.2) is 12.7 Å². The van der Waals surface area contributed by atoms with Gasteiger partial charge in [-0.15, -0.1) is 0 Å². The monoisotopic (exact) mass is 379 g/mol. The lowest BCUT2D eigenvalue weighted by Gasteiger charge is -2.11. The highest BCUT2D eigenvalue weighted by molar-refractivity contribution is 7.89. The standard InChI is InChI=1S/C18H25N3O4S/c1-14(2)25-10-6-9-20-18(22)16(13-19)11-15-7-5-8-17(12-15)26(23,24)21(3)4/h5,7-8,11-12,14H,6,9-10H2,1-4H3,(H,20,22)/b16-11+. The minimum atomic E-state index is -3.58. The topological polar surface area (TPSA) is 99.5 Å². The normalized spacial score (nSPS) is 12.3. The van der Waals surface area contributed by atoms with E-state index < -0.39 is 15.9 Å². The Bertz CT molecular complexity index is 793. The number of carbonyl (C=O) groups is 1. The molecule has 0 aliphatic carbocycles. The molecule has 8 heteroatoms. The van der Waals surface area contributed by atoms with Crippen molar-refractivity contribution in [2.75, 3.05) is 27.2 Å². The minimum Gasteiger partial charge on any atom is -0.379 e. The molecule has 0 aliphatic rings. The summed E-state index contributed by atoms with van der Waals surface area (Å²) in [7, 11) is -0.704. The number of nitriles is 1. The molecule has 1 N–H and O–H groups in total. The van der Waals surface area contributed by atoms with Crippen molar-refractivity contribution in [3.05, 3.63) is 35.4 Å². The molecule has 0 unspecified atom stereocenters. The van der Waals surface area contributed by atoms with E-state index in [0.717, 1.165) is 4.31 Å².